The van der Waals surface area contributed by atoms with Gasteiger partial charge in [-0.15, -0.1) is 0 Å². The number of hydrogen-bond donors (Lipinski definition) is 1. The molecule has 1 N–H and O–H groups in total. The van der Waals surface area contributed by atoms with Gasteiger partial charge in [-0.25, -0.2) is 0 Å². The summed E-state index contributed by atoms with van der Waals surface area (Å²) in [5.74, 6) is 0. The van der Waals surface area contributed by atoms with Gasteiger partial charge in [0.1, 0.15) is 0 Å². The van der Waals surface area contributed by atoms with Gasteiger partial charge >= 0.3 is 125 Å². The predicted molar refractivity (Wildman–Crippen MR) is 78.4 cm³/mol. The average molecular weight is 345 g/mol. The Morgan fingerprint density at radius 1 is 1.10 bits per heavy atom. The third kappa shape index (κ3) is 2.69. The van der Waals surface area contributed by atoms with Crippen LogP contribution < -0.4 is 4.36 Å². The molecule has 0 saturated carbocycles. The van der Waals surface area contributed by atoms with Gasteiger partial charge in [-0.3, -0.25) is 0 Å². The van der Waals surface area contributed by atoms with E-state index < -0.39 is 4.92 Å². The Balaban J connectivity index is 2.02. The van der Waals surface area contributed by atoms with Crippen molar-refractivity contribution in [3.8, 4) is 15.8 Å². The van der Waals surface area contributed by atoms with Crippen LogP contribution in [0.5, 0.6) is 0 Å². The molecule has 6 nitrogen and oxygen atoms in total. The summed E-state index contributed by atoms with van der Waals surface area (Å²) in [5.41, 5.74) is 1.70. The molecule has 3 aromatic rings. The summed E-state index contributed by atoms with van der Waals surface area (Å²) in [5, 5.41) is 23.2. The van der Waals surface area contributed by atoms with Crippen LogP contribution in [0.1, 0.15) is 0 Å². The van der Waals surface area contributed by atoms with Gasteiger partial charge in [-0.05, 0) is 0 Å². The normalized spacial score (nSPS) is 10.5. The van der Waals surface area contributed by atoms with Crippen LogP contribution in [0.2, 0.25) is 0 Å². The van der Waals surface area contributed by atoms with E-state index in [9.17, 15) is 10.1 Å². The third-order valence-electron chi connectivity index (χ3n) is 2.90. The summed E-state index contributed by atoms with van der Waals surface area (Å²) in [6, 6.07) is 15.8. The van der Waals surface area contributed by atoms with Crippen molar-refractivity contribution in [1.29, 1.82) is 5.41 Å². The van der Waals surface area contributed by atoms with E-state index in [4.69, 9.17) is 5.41 Å². The molecule has 0 aliphatic rings. The van der Waals surface area contributed by atoms with Crippen molar-refractivity contribution in [2.75, 3.05) is 0 Å². The van der Waals surface area contributed by atoms with Crippen LogP contribution in [-0.2, 0) is 0 Å². The summed E-state index contributed by atoms with van der Waals surface area (Å²) in [7, 11) is 0. The molecule has 0 amide bonds. The second kappa shape index (κ2) is 5.47. The SMILES string of the molecule is N=c1[se]c(-c2ccccc2)nn1-c1ccc([N+](=O)[O-])cc1. The molecule has 0 saturated heterocycles. The third-order valence-corrected chi connectivity index (χ3v) is 4.74. The van der Waals surface area contributed by atoms with E-state index in [2.05, 4.69) is 5.10 Å². The molecule has 0 unspecified atom stereocenters. The van der Waals surface area contributed by atoms with Crippen LogP contribution in [0, 0.1) is 15.5 Å². The number of nitro benzene ring substituents is 1. The molecule has 1 heterocycles. The van der Waals surface area contributed by atoms with Gasteiger partial charge in [-0.1, -0.05) is 0 Å². The fourth-order valence-corrected chi connectivity index (χ4v) is 3.54. The minimum atomic E-state index is -0.443. The quantitative estimate of drug-likeness (QED) is 0.447. The number of rotatable bonds is 3. The van der Waals surface area contributed by atoms with Gasteiger partial charge in [-0.2, -0.15) is 0 Å². The first-order chi connectivity index (χ1) is 10.1. The first-order valence-electron chi connectivity index (χ1n) is 6.10. The molecule has 21 heavy (non-hydrogen) atoms. The molecule has 1 aromatic heterocycles. The van der Waals surface area contributed by atoms with E-state index in [-0.39, 0.29) is 20.2 Å². The molecule has 7 heteroatoms. The van der Waals surface area contributed by atoms with Crippen molar-refractivity contribution in [2.45, 2.75) is 0 Å². The Kier molecular flexibility index (Phi) is 3.51. The second-order valence-corrected chi connectivity index (χ2v) is 6.31. The molecule has 3 rings (SSSR count). The number of non-ortho nitro benzene ring substituents is 1. The predicted octanol–water partition coefficient (Wildman–Crippen LogP) is 1.98. The average Bonchev–Trinajstić information content (AvgIpc) is 2.90. The minimum absolute atomic E-state index is 0.0299. The van der Waals surface area contributed by atoms with Gasteiger partial charge in [0.15, 0.2) is 0 Å². The fraction of sp³-hybridized carbons (Fsp3) is 0. The van der Waals surface area contributed by atoms with Crippen molar-refractivity contribution >= 4 is 20.2 Å². The summed E-state index contributed by atoms with van der Waals surface area (Å²) < 4.78 is 2.83. The van der Waals surface area contributed by atoms with Crippen LogP contribution in [0.4, 0.5) is 5.69 Å². The van der Waals surface area contributed by atoms with Crippen LogP contribution in [0.3, 0.4) is 0 Å². The molecular formula is C14H10N4O2Se. The Bertz CT molecular complexity index is 837. The zero-order chi connectivity index (χ0) is 14.8. The summed E-state index contributed by atoms with van der Waals surface area (Å²) in [4.78, 5) is 10.2. The molecule has 0 aliphatic carbocycles. The van der Waals surface area contributed by atoms with Crippen LogP contribution in [0.15, 0.2) is 54.6 Å². The Hall–Kier alpha value is -2.50. The van der Waals surface area contributed by atoms with Crippen molar-refractivity contribution < 1.29 is 4.92 Å². The molecule has 0 radical (unpaired) electrons. The molecular weight excluding hydrogens is 335 g/mol. The number of benzene rings is 2. The molecule has 0 fully saturated rings. The van der Waals surface area contributed by atoms with Crippen molar-refractivity contribution in [3.05, 3.63) is 69.1 Å². The molecule has 0 aliphatic heterocycles. The van der Waals surface area contributed by atoms with Crippen molar-refractivity contribution in [1.82, 2.24) is 9.78 Å². The number of nitrogens with one attached hydrogen (secondary N) is 1. The van der Waals surface area contributed by atoms with Gasteiger partial charge in [0, 0.05) is 0 Å². The van der Waals surface area contributed by atoms with Crippen LogP contribution >= 0.6 is 0 Å². The maximum absolute atomic E-state index is 10.7. The molecule has 2 aromatic carbocycles. The Morgan fingerprint density at radius 2 is 1.76 bits per heavy atom. The fourth-order valence-electron chi connectivity index (χ4n) is 1.88. The van der Waals surface area contributed by atoms with E-state index in [1.807, 2.05) is 30.3 Å². The van der Waals surface area contributed by atoms with Crippen LogP contribution in [0.25, 0.3) is 15.8 Å². The van der Waals surface area contributed by atoms with Gasteiger partial charge in [0.05, 0.1) is 0 Å². The molecule has 0 atom stereocenters. The topological polar surface area (TPSA) is 84.8 Å². The van der Waals surface area contributed by atoms with Gasteiger partial charge in [0.25, 0.3) is 0 Å². The number of aromatic nitrogens is 2. The maximum atomic E-state index is 10.7. The molecule has 0 spiro atoms. The first kappa shape index (κ1) is 13.5. The van der Waals surface area contributed by atoms with Crippen molar-refractivity contribution in [2.24, 2.45) is 0 Å². The van der Waals surface area contributed by atoms with E-state index in [0.717, 1.165) is 10.1 Å². The van der Waals surface area contributed by atoms with E-state index in [0.29, 0.717) is 10.0 Å². The van der Waals surface area contributed by atoms with Crippen LogP contribution in [-0.4, -0.2) is 29.2 Å². The number of nitrogens with zero attached hydrogens (tertiary/aromatic N) is 3. The second-order valence-electron chi connectivity index (χ2n) is 4.26. The van der Waals surface area contributed by atoms with E-state index >= 15 is 0 Å². The first-order valence-corrected chi connectivity index (χ1v) is 7.81. The van der Waals surface area contributed by atoms with E-state index in [1.165, 1.54) is 16.8 Å². The van der Waals surface area contributed by atoms with Gasteiger partial charge < -0.3 is 0 Å². The van der Waals surface area contributed by atoms with Crippen molar-refractivity contribution in [3.63, 3.8) is 0 Å². The Labute approximate surface area is 125 Å². The standard InChI is InChI=1S/C14H10N4O2Se/c15-14-17(11-6-8-12(9-7-11)18(19)20)16-13(21-14)10-4-2-1-3-5-10/h1-9,15H. The summed E-state index contributed by atoms with van der Waals surface area (Å²) >= 11 is -0.164. The zero-order valence-electron chi connectivity index (χ0n) is 10.8. The monoisotopic (exact) mass is 346 g/mol. The van der Waals surface area contributed by atoms with Gasteiger partial charge in [0.2, 0.25) is 0 Å². The molecule has 104 valence electrons. The zero-order valence-corrected chi connectivity index (χ0v) is 12.5. The number of hydrogen-bond acceptors (Lipinski definition) is 4. The Morgan fingerprint density at radius 3 is 2.38 bits per heavy atom. The molecule has 0 bridgehead atoms. The summed E-state index contributed by atoms with van der Waals surface area (Å²) in [6.07, 6.45) is 0. The summed E-state index contributed by atoms with van der Waals surface area (Å²) in [6.45, 7) is 0. The van der Waals surface area contributed by atoms with E-state index in [1.54, 1.807) is 12.1 Å². The number of nitro groups is 1.